The number of sulfone groups is 1. The van der Waals surface area contributed by atoms with Crippen LogP contribution in [0.2, 0.25) is 0 Å². The zero-order valence-electron chi connectivity index (χ0n) is 11.3. The number of rotatable bonds is 5. The molecule has 1 aliphatic heterocycles. The van der Waals surface area contributed by atoms with Gasteiger partial charge in [-0.25, -0.2) is 8.42 Å². The topological polar surface area (TPSA) is 80.5 Å². The summed E-state index contributed by atoms with van der Waals surface area (Å²) in [6.45, 7) is 4.30. The molecule has 0 radical (unpaired) electrons. The average Bonchev–Trinajstić information content (AvgIpc) is 2.28. The third-order valence-corrected chi connectivity index (χ3v) is 5.05. The summed E-state index contributed by atoms with van der Waals surface area (Å²) in [5, 5.41) is 0. The Morgan fingerprint density at radius 3 is 2.67 bits per heavy atom. The number of nitrogens with zero attached hydrogens (tertiary/aromatic N) is 1. The van der Waals surface area contributed by atoms with Crippen molar-refractivity contribution in [3.63, 3.8) is 0 Å². The van der Waals surface area contributed by atoms with Gasteiger partial charge in [-0.2, -0.15) is 0 Å². The van der Waals surface area contributed by atoms with Crippen LogP contribution >= 0.6 is 0 Å². The lowest BCUT2D eigenvalue weighted by molar-refractivity contribution is -0.132. The molecular weight excluding hydrogens is 252 g/mol. The molecule has 0 aromatic rings. The van der Waals surface area contributed by atoms with E-state index in [1.54, 1.807) is 11.8 Å². The number of nitrogens with two attached hydrogens (primary N) is 1. The van der Waals surface area contributed by atoms with Crippen LogP contribution in [0.5, 0.6) is 0 Å². The molecule has 1 fully saturated rings. The maximum atomic E-state index is 12.1. The maximum Gasteiger partial charge on any atom is 0.238 e. The minimum Gasteiger partial charge on any atom is -0.337 e. The fraction of sp³-hybridized carbons (Fsp3) is 0.917. The van der Waals surface area contributed by atoms with Crippen molar-refractivity contribution in [1.82, 2.24) is 4.90 Å². The quantitative estimate of drug-likeness (QED) is 0.794. The first kappa shape index (κ1) is 15.4. The molecule has 0 aromatic heterocycles. The Morgan fingerprint density at radius 2 is 2.11 bits per heavy atom. The van der Waals surface area contributed by atoms with E-state index in [9.17, 15) is 13.2 Å². The second-order valence-corrected chi connectivity index (χ2v) is 7.29. The molecule has 106 valence electrons. The number of carbonyl (C=O) groups excluding carboxylic acids is 1. The number of amides is 1. The van der Waals surface area contributed by atoms with Crippen molar-refractivity contribution in [3.05, 3.63) is 0 Å². The molecule has 0 aromatic carbocycles. The van der Waals surface area contributed by atoms with Crippen molar-refractivity contribution < 1.29 is 13.2 Å². The Morgan fingerprint density at radius 1 is 1.44 bits per heavy atom. The SMILES string of the molecule is CCCS(=O)(=O)CC(=O)N1CCCCC1C(C)N. The number of hydrogen-bond donors (Lipinski definition) is 1. The lowest BCUT2D eigenvalue weighted by Crippen LogP contribution is -2.53. The third-order valence-electron chi connectivity index (χ3n) is 3.34. The summed E-state index contributed by atoms with van der Waals surface area (Å²) in [6, 6.07) is -0.119. The lowest BCUT2D eigenvalue weighted by atomic mass is 9.97. The highest BCUT2D eigenvalue weighted by molar-refractivity contribution is 7.92. The molecule has 1 aliphatic rings. The van der Waals surface area contributed by atoms with Crippen molar-refractivity contribution in [2.45, 2.75) is 51.6 Å². The molecular formula is C12H24N2O3S. The molecule has 6 heteroatoms. The van der Waals surface area contributed by atoms with Crippen LogP contribution < -0.4 is 5.73 Å². The fourth-order valence-corrected chi connectivity index (χ4v) is 3.78. The summed E-state index contributed by atoms with van der Waals surface area (Å²) < 4.78 is 23.4. The van der Waals surface area contributed by atoms with Gasteiger partial charge in [-0.05, 0) is 32.6 Å². The Balaban J connectivity index is 2.69. The first-order chi connectivity index (χ1) is 8.37. The van der Waals surface area contributed by atoms with Gasteiger partial charge in [0.1, 0.15) is 5.75 Å². The molecule has 18 heavy (non-hydrogen) atoms. The van der Waals surface area contributed by atoms with Crippen LogP contribution in [0.15, 0.2) is 0 Å². The Kier molecular flexibility index (Phi) is 5.59. The first-order valence-corrected chi connectivity index (χ1v) is 8.45. The van der Waals surface area contributed by atoms with Crippen LogP contribution in [-0.2, 0) is 14.6 Å². The van der Waals surface area contributed by atoms with Crippen molar-refractivity contribution >= 4 is 15.7 Å². The molecule has 0 bridgehead atoms. The largest absolute Gasteiger partial charge is 0.337 e. The number of hydrogen-bond acceptors (Lipinski definition) is 4. The van der Waals surface area contributed by atoms with Crippen LogP contribution in [-0.4, -0.2) is 49.4 Å². The fourth-order valence-electron chi connectivity index (χ4n) is 2.47. The molecule has 1 saturated heterocycles. The predicted octanol–water partition coefficient (Wildman–Crippen LogP) is 0.540. The van der Waals surface area contributed by atoms with Gasteiger partial charge < -0.3 is 10.6 Å². The molecule has 1 rings (SSSR count). The summed E-state index contributed by atoms with van der Waals surface area (Å²) in [5.41, 5.74) is 5.87. The second kappa shape index (κ2) is 6.52. The number of piperidine rings is 1. The number of likely N-dealkylation sites (tertiary alicyclic amines) is 1. The summed E-state index contributed by atoms with van der Waals surface area (Å²) >= 11 is 0. The van der Waals surface area contributed by atoms with Gasteiger partial charge in [0.25, 0.3) is 0 Å². The summed E-state index contributed by atoms with van der Waals surface area (Å²) in [5.74, 6) is -0.579. The molecule has 1 heterocycles. The number of carbonyl (C=O) groups is 1. The predicted molar refractivity (Wildman–Crippen MR) is 71.9 cm³/mol. The highest BCUT2D eigenvalue weighted by Crippen LogP contribution is 2.19. The molecule has 2 N–H and O–H groups in total. The Labute approximate surface area is 110 Å². The Hall–Kier alpha value is -0.620. The van der Waals surface area contributed by atoms with E-state index in [0.29, 0.717) is 13.0 Å². The van der Waals surface area contributed by atoms with E-state index < -0.39 is 9.84 Å². The second-order valence-electron chi connectivity index (χ2n) is 5.10. The molecule has 2 unspecified atom stereocenters. The molecule has 0 aliphatic carbocycles. The Bertz CT molecular complexity index is 379. The maximum absolute atomic E-state index is 12.1. The van der Waals surface area contributed by atoms with E-state index in [-0.39, 0.29) is 29.5 Å². The summed E-state index contributed by atoms with van der Waals surface area (Å²) in [4.78, 5) is 13.8. The molecule has 0 saturated carbocycles. The monoisotopic (exact) mass is 276 g/mol. The van der Waals surface area contributed by atoms with E-state index in [1.807, 2.05) is 6.92 Å². The highest BCUT2D eigenvalue weighted by Gasteiger charge is 2.31. The van der Waals surface area contributed by atoms with Gasteiger partial charge >= 0.3 is 0 Å². The zero-order chi connectivity index (χ0) is 13.8. The third kappa shape index (κ3) is 4.24. The summed E-state index contributed by atoms with van der Waals surface area (Å²) in [6.07, 6.45) is 3.41. The highest BCUT2D eigenvalue weighted by atomic mass is 32.2. The van der Waals surface area contributed by atoms with E-state index in [2.05, 4.69) is 0 Å². The van der Waals surface area contributed by atoms with Gasteiger partial charge in [0.05, 0.1) is 5.75 Å². The van der Waals surface area contributed by atoms with Crippen LogP contribution in [0.4, 0.5) is 0 Å². The lowest BCUT2D eigenvalue weighted by Gasteiger charge is -2.38. The van der Waals surface area contributed by atoms with Gasteiger partial charge in [-0.15, -0.1) is 0 Å². The van der Waals surface area contributed by atoms with E-state index in [4.69, 9.17) is 5.73 Å². The standard InChI is InChI=1S/C12H24N2O3S/c1-3-8-18(16,17)9-12(15)14-7-5-4-6-11(14)10(2)13/h10-11H,3-9,13H2,1-2H3. The van der Waals surface area contributed by atoms with Crippen molar-refractivity contribution in [2.75, 3.05) is 18.1 Å². The smallest absolute Gasteiger partial charge is 0.238 e. The minimum atomic E-state index is -3.26. The normalized spacial score (nSPS) is 22.8. The van der Waals surface area contributed by atoms with Gasteiger partial charge in [0, 0.05) is 18.6 Å². The van der Waals surface area contributed by atoms with Crippen LogP contribution in [0.25, 0.3) is 0 Å². The molecule has 5 nitrogen and oxygen atoms in total. The first-order valence-electron chi connectivity index (χ1n) is 6.63. The average molecular weight is 276 g/mol. The van der Waals surface area contributed by atoms with Gasteiger partial charge in [-0.1, -0.05) is 6.92 Å². The van der Waals surface area contributed by atoms with Crippen molar-refractivity contribution in [2.24, 2.45) is 5.73 Å². The minimum absolute atomic E-state index is 0.0110. The van der Waals surface area contributed by atoms with Gasteiger partial charge in [-0.3, -0.25) is 4.79 Å². The van der Waals surface area contributed by atoms with Crippen molar-refractivity contribution in [3.8, 4) is 0 Å². The van der Waals surface area contributed by atoms with Gasteiger partial charge in [0.15, 0.2) is 9.84 Å². The molecule has 2 atom stereocenters. The van der Waals surface area contributed by atoms with Crippen LogP contribution in [0.3, 0.4) is 0 Å². The van der Waals surface area contributed by atoms with Crippen molar-refractivity contribution in [1.29, 1.82) is 0 Å². The van der Waals surface area contributed by atoms with E-state index in [0.717, 1.165) is 19.3 Å². The van der Waals surface area contributed by atoms with Crippen LogP contribution in [0.1, 0.15) is 39.5 Å². The molecule has 0 spiro atoms. The van der Waals surface area contributed by atoms with E-state index >= 15 is 0 Å². The van der Waals surface area contributed by atoms with Crippen LogP contribution in [0, 0.1) is 0 Å². The molecule has 1 amide bonds. The van der Waals surface area contributed by atoms with Gasteiger partial charge in [0.2, 0.25) is 5.91 Å². The summed E-state index contributed by atoms with van der Waals surface area (Å²) in [7, 11) is -3.26. The zero-order valence-corrected chi connectivity index (χ0v) is 12.1. The van der Waals surface area contributed by atoms with E-state index in [1.165, 1.54) is 0 Å².